The van der Waals surface area contributed by atoms with Crippen molar-refractivity contribution in [3.05, 3.63) is 36.5 Å². The van der Waals surface area contributed by atoms with Crippen LogP contribution in [0.1, 0.15) is 290 Å². The molecule has 0 saturated carbocycles. The molecule has 0 spiro atoms. The van der Waals surface area contributed by atoms with E-state index in [4.69, 9.17) is 24.3 Å². The summed E-state index contributed by atoms with van der Waals surface area (Å²) in [4.78, 5) is 35.1. The Labute approximate surface area is 420 Å². The zero-order chi connectivity index (χ0) is 49.5. The van der Waals surface area contributed by atoms with Crippen molar-refractivity contribution in [1.82, 2.24) is 0 Å². The Hall–Kier alpha value is -1.77. The second-order valence-corrected chi connectivity index (χ2v) is 21.0. The average Bonchev–Trinajstić information content (AvgIpc) is 3.33. The number of unbranched alkanes of at least 4 members (excludes halogenated alkanes) is 36. The third kappa shape index (κ3) is 53.6. The minimum absolute atomic E-state index is 0.0519. The van der Waals surface area contributed by atoms with Gasteiger partial charge in [-0.2, -0.15) is 0 Å². The van der Waals surface area contributed by atoms with Crippen LogP contribution in [0.5, 0.6) is 0 Å². The summed E-state index contributed by atoms with van der Waals surface area (Å²) in [6, 6.07) is 0. The summed E-state index contributed by atoms with van der Waals surface area (Å²) >= 11 is 0. The third-order valence-electron chi connectivity index (χ3n) is 12.7. The molecule has 2 atom stereocenters. The van der Waals surface area contributed by atoms with Crippen LogP contribution in [-0.4, -0.2) is 49.3 Å². The summed E-state index contributed by atoms with van der Waals surface area (Å²) in [5.41, 5.74) is 5.37. The summed E-state index contributed by atoms with van der Waals surface area (Å²) < 4.78 is 32.9. The van der Waals surface area contributed by atoms with Crippen molar-refractivity contribution < 1.29 is 37.6 Å². The number of nitrogens with two attached hydrogens (primary N) is 1. The van der Waals surface area contributed by atoms with Gasteiger partial charge in [0.15, 0.2) is 6.10 Å². The Morgan fingerprint density at radius 1 is 0.441 bits per heavy atom. The Balaban J connectivity index is 3.81. The van der Waals surface area contributed by atoms with Crippen LogP contribution in [0.15, 0.2) is 36.5 Å². The minimum atomic E-state index is -4.38. The molecule has 68 heavy (non-hydrogen) atoms. The molecular weight excluding hydrogens is 870 g/mol. The van der Waals surface area contributed by atoms with Crippen LogP contribution in [0.4, 0.5) is 0 Å². The van der Waals surface area contributed by atoms with Crippen molar-refractivity contribution in [3.8, 4) is 0 Å². The lowest BCUT2D eigenvalue weighted by molar-refractivity contribution is -0.161. The van der Waals surface area contributed by atoms with Crippen LogP contribution in [0, 0.1) is 0 Å². The molecule has 0 aromatic carbocycles. The van der Waals surface area contributed by atoms with E-state index in [1.807, 2.05) is 0 Å². The van der Waals surface area contributed by atoms with E-state index in [-0.39, 0.29) is 38.6 Å². The lowest BCUT2D eigenvalue weighted by Crippen LogP contribution is -2.29. The van der Waals surface area contributed by atoms with E-state index in [0.29, 0.717) is 6.42 Å². The Kier molecular flexibility index (Phi) is 53.1. The van der Waals surface area contributed by atoms with E-state index in [2.05, 4.69) is 50.3 Å². The second-order valence-electron chi connectivity index (χ2n) is 19.5. The normalized spacial score (nSPS) is 13.3. The van der Waals surface area contributed by atoms with E-state index in [0.717, 1.165) is 64.2 Å². The number of hydrogen-bond acceptors (Lipinski definition) is 8. The smallest absolute Gasteiger partial charge is 0.462 e. The van der Waals surface area contributed by atoms with E-state index in [9.17, 15) is 19.0 Å². The van der Waals surface area contributed by atoms with Crippen molar-refractivity contribution in [2.45, 2.75) is 296 Å². The van der Waals surface area contributed by atoms with Gasteiger partial charge in [0.05, 0.1) is 13.2 Å². The number of allylic oxidation sites excluding steroid dienone is 6. The number of esters is 2. The first-order valence-corrected chi connectivity index (χ1v) is 30.5. The van der Waals surface area contributed by atoms with Gasteiger partial charge < -0.3 is 20.1 Å². The number of carbonyl (C=O) groups is 2. The average molecular weight is 980 g/mol. The maximum absolute atomic E-state index is 12.6. The molecule has 0 aliphatic heterocycles. The van der Waals surface area contributed by atoms with E-state index in [1.54, 1.807) is 0 Å². The molecule has 0 amide bonds. The molecule has 2 unspecified atom stereocenters. The van der Waals surface area contributed by atoms with Crippen LogP contribution in [0.2, 0.25) is 0 Å². The van der Waals surface area contributed by atoms with Gasteiger partial charge in [-0.3, -0.25) is 18.6 Å². The number of ether oxygens (including phenoxy) is 2. The van der Waals surface area contributed by atoms with Gasteiger partial charge >= 0.3 is 19.8 Å². The van der Waals surface area contributed by atoms with E-state index >= 15 is 0 Å². The molecular formula is C58H110NO8P. The van der Waals surface area contributed by atoms with Crippen molar-refractivity contribution in [2.75, 3.05) is 26.4 Å². The molecule has 9 nitrogen and oxygen atoms in total. The predicted octanol–water partition coefficient (Wildman–Crippen LogP) is 18.0. The number of hydrogen-bond donors (Lipinski definition) is 2. The summed E-state index contributed by atoms with van der Waals surface area (Å²) in [5.74, 6) is -0.833. The van der Waals surface area contributed by atoms with Gasteiger partial charge in [-0.15, -0.1) is 0 Å². The topological polar surface area (TPSA) is 134 Å². The standard InChI is InChI=1S/C58H110NO8P/c1-3-5-7-9-11-13-15-17-19-20-21-22-23-24-25-26-27-28-29-30-31-32-33-34-35-36-37-39-40-42-44-46-48-50-57(60)64-54-56(55-66-68(62,63)65-53-52-59)67-58(61)51-49-47-45-43-41-38-18-16-14-12-10-8-6-4-2/h10,12,16,18,20-21,56H,3-9,11,13-15,17,19,22-55,59H2,1-2H3,(H,62,63)/b12-10-,18-16-,21-20-. The van der Waals surface area contributed by atoms with Gasteiger partial charge in [-0.25, -0.2) is 4.57 Å². The van der Waals surface area contributed by atoms with Crippen LogP contribution in [0.25, 0.3) is 0 Å². The quantitative estimate of drug-likeness (QED) is 0.0264. The summed E-state index contributed by atoms with van der Waals surface area (Å²) in [6.07, 6.45) is 65.1. The molecule has 3 N–H and O–H groups in total. The molecule has 0 aliphatic rings. The SMILES string of the molecule is CCCC/C=C\C/C=C\CCCCCCCC(=O)OC(COC(=O)CCCCCCCCCCCCCCCCCCCCCCC/C=C\CCCCCCCCCC)COP(=O)(O)OCCN. The summed E-state index contributed by atoms with van der Waals surface area (Å²) in [7, 11) is -4.38. The second kappa shape index (κ2) is 54.6. The summed E-state index contributed by atoms with van der Waals surface area (Å²) in [5, 5.41) is 0. The highest BCUT2D eigenvalue weighted by atomic mass is 31.2. The number of phosphoric acid groups is 1. The van der Waals surface area contributed by atoms with Gasteiger partial charge in [0, 0.05) is 19.4 Å². The molecule has 0 aromatic heterocycles. The molecule has 0 bridgehead atoms. The van der Waals surface area contributed by atoms with Crippen molar-refractivity contribution >= 4 is 19.8 Å². The monoisotopic (exact) mass is 980 g/mol. The number of phosphoric ester groups is 1. The first-order chi connectivity index (χ1) is 33.3. The molecule has 0 radical (unpaired) electrons. The molecule has 0 saturated heterocycles. The fourth-order valence-electron chi connectivity index (χ4n) is 8.41. The van der Waals surface area contributed by atoms with Gasteiger partial charge in [-0.05, 0) is 64.2 Å². The maximum Gasteiger partial charge on any atom is 0.472 e. The predicted molar refractivity (Wildman–Crippen MR) is 289 cm³/mol. The first kappa shape index (κ1) is 66.2. The minimum Gasteiger partial charge on any atom is -0.462 e. The van der Waals surface area contributed by atoms with Gasteiger partial charge in [0.25, 0.3) is 0 Å². The van der Waals surface area contributed by atoms with E-state index in [1.165, 1.54) is 193 Å². The zero-order valence-electron chi connectivity index (χ0n) is 44.6. The molecule has 10 heteroatoms. The molecule has 400 valence electrons. The maximum atomic E-state index is 12.6. The largest absolute Gasteiger partial charge is 0.472 e. The Bertz CT molecular complexity index is 1210. The number of rotatable bonds is 55. The summed E-state index contributed by atoms with van der Waals surface area (Å²) in [6.45, 7) is 3.72. The van der Waals surface area contributed by atoms with Crippen molar-refractivity contribution in [1.29, 1.82) is 0 Å². The third-order valence-corrected chi connectivity index (χ3v) is 13.7. The lowest BCUT2D eigenvalue weighted by Gasteiger charge is -2.19. The Morgan fingerprint density at radius 2 is 0.779 bits per heavy atom. The van der Waals surface area contributed by atoms with Crippen molar-refractivity contribution in [3.63, 3.8) is 0 Å². The van der Waals surface area contributed by atoms with Gasteiger partial charge in [0.1, 0.15) is 6.61 Å². The van der Waals surface area contributed by atoms with E-state index < -0.39 is 26.5 Å². The van der Waals surface area contributed by atoms with Crippen LogP contribution in [0.3, 0.4) is 0 Å². The fraction of sp³-hybridized carbons (Fsp3) is 0.862. The fourth-order valence-corrected chi connectivity index (χ4v) is 9.18. The first-order valence-electron chi connectivity index (χ1n) is 29.0. The highest BCUT2D eigenvalue weighted by molar-refractivity contribution is 7.47. The lowest BCUT2D eigenvalue weighted by atomic mass is 10.0. The van der Waals surface area contributed by atoms with Crippen LogP contribution in [-0.2, 0) is 32.7 Å². The Morgan fingerprint density at radius 3 is 1.18 bits per heavy atom. The van der Waals surface area contributed by atoms with Crippen molar-refractivity contribution in [2.24, 2.45) is 5.73 Å². The molecule has 0 fully saturated rings. The molecule has 0 rings (SSSR count). The molecule has 0 aliphatic carbocycles. The highest BCUT2D eigenvalue weighted by Gasteiger charge is 2.26. The van der Waals surface area contributed by atoms with Gasteiger partial charge in [-0.1, -0.05) is 249 Å². The van der Waals surface area contributed by atoms with Crippen LogP contribution >= 0.6 is 7.82 Å². The molecule has 0 aromatic rings. The van der Waals surface area contributed by atoms with Crippen LogP contribution < -0.4 is 5.73 Å². The molecule has 0 heterocycles. The van der Waals surface area contributed by atoms with Gasteiger partial charge in [0.2, 0.25) is 0 Å². The highest BCUT2D eigenvalue weighted by Crippen LogP contribution is 2.43. The zero-order valence-corrected chi connectivity index (χ0v) is 45.5. The number of carbonyl (C=O) groups excluding carboxylic acids is 2.